The number of nitrogens with one attached hydrogen (secondary N) is 1. The lowest BCUT2D eigenvalue weighted by molar-refractivity contribution is -0.155. The van der Waals surface area contributed by atoms with Crippen molar-refractivity contribution in [3.63, 3.8) is 0 Å². The number of aliphatic hydroxyl groups is 4. The molecule has 6 heteroatoms. The molecule has 0 spiro atoms. The maximum atomic E-state index is 10.8. The van der Waals surface area contributed by atoms with E-state index in [2.05, 4.69) is 5.32 Å². The lowest BCUT2D eigenvalue weighted by Gasteiger charge is -2.34. The van der Waals surface area contributed by atoms with Crippen molar-refractivity contribution < 1.29 is 25.2 Å². The lowest BCUT2D eigenvalue weighted by Crippen LogP contribution is -2.63. The molecule has 1 aliphatic rings. The highest BCUT2D eigenvalue weighted by atomic mass is 16.4. The minimum absolute atomic E-state index is 0.476. The summed E-state index contributed by atoms with van der Waals surface area (Å²) >= 11 is 0. The highest BCUT2D eigenvalue weighted by molar-refractivity contribution is 5.82. The first-order valence-electron chi connectivity index (χ1n) is 3.53. The van der Waals surface area contributed by atoms with Crippen LogP contribution in [-0.2, 0) is 4.79 Å². The van der Waals surface area contributed by atoms with E-state index < -0.39 is 36.9 Å². The van der Waals surface area contributed by atoms with Gasteiger partial charge in [-0.15, -0.1) is 0 Å². The predicted molar refractivity (Wildman–Crippen MR) is 37.0 cm³/mol. The van der Waals surface area contributed by atoms with Gasteiger partial charge in [-0.3, -0.25) is 4.79 Å². The molecule has 1 aliphatic heterocycles. The summed E-state index contributed by atoms with van der Waals surface area (Å²) in [6.45, 7) is -0.476. The topological polar surface area (TPSA) is 110 Å². The summed E-state index contributed by atoms with van der Waals surface area (Å²) in [6.07, 6.45) is -4.48. The van der Waals surface area contributed by atoms with Crippen LogP contribution in [0.4, 0.5) is 0 Å². The number of amides is 1. The third-order valence-electron chi connectivity index (χ3n) is 1.88. The first-order valence-corrected chi connectivity index (χ1v) is 3.53. The van der Waals surface area contributed by atoms with E-state index in [0.717, 1.165) is 0 Å². The van der Waals surface area contributed by atoms with Gasteiger partial charge in [0.1, 0.15) is 12.2 Å². The second-order valence-corrected chi connectivity index (χ2v) is 2.72. The molecule has 0 aromatic heterocycles. The van der Waals surface area contributed by atoms with Crippen LogP contribution in [0.15, 0.2) is 0 Å². The maximum absolute atomic E-state index is 10.8. The highest BCUT2D eigenvalue weighted by Gasteiger charge is 2.40. The number of hydrogen-bond acceptors (Lipinski definition) is 5. The Kier molecular flexibility index (Phi) is 2.63. The largest absolute Gasteiger partial charge is 0.394 e. The van der Waals surface area contributed by atoms with Crippen molar-refractivity contribution >= 4 is 5.91 Å². The van der Waals surface area contributed by atoms with Gasteiger partial charge in [-0.05, 0) is 0 Å². The Morgan fingerprint density at radius 3 is 2.33 bits per heavy atom. The molecule has 4 atom stereocenters. The van der Waals surface area contributed by atoms with Crippen molar-refractivity contribution in [2.45, 2.75) is 24.4 Å². The second kappa shape index (κ2) is 3.36. The fourth-order valence-corrected chi connectivity index (χ4v) is 1.09. The lowest BCUT2D eigenvalue weighted by atomic mass is 9.96. The van der Waals surface area contributed by atoms with Crippen LogP contribution in [0.5, 0.6) is 0 Å². The van der Waals surface area contributed by atoms with Crippen molar-refractivity contribution in [1.82, 2.24) is 5.32 Å². The van der Waals surface area contributed by atoms with Crippen molar-refractivity contribution in [2.24, 2.45) is 0 Å². The van der Waals surface area contributed by atoms with E-state index in [1.165, 1.54) is 0 Å². The molecule has 1 rings (SSSR count). The number of rotatable bonds is 1. The van der Waals surface area contributed by atoms with Crippen LogP contribution in [0.25, 0.3) is 0 Å². The Labute approximate surface area is 68.4 Å². The zero-order chi connectivity index (χ0) is 9.30. The Hall–Kier alpha value is -0.690. The summed E-state index contributed by atoms with van der Waals surface area (Å²) in [7, 11) is 0. The van der Waals surface area contributed by atoms with Gasteiger partial charge in [-0.1, -0.05) is 0 Å². The van der Waals surface area contributed by atoms with Crippen LogP contribution in [0.2, 0.25) is 0 Å². The molecule has 4 unspecified atom stereocenters. The summed E-state index contributed by atoms with van der Waals surface area (Å²) in [5.41, 5.74) is 0. The molecule has 0 saturated carbocycles. The molecule has 0 radical (unpaired) electrons. The monoisotopic (exact) mass is 177 g/mol. The van der Waals surface area contributed by atoms with Gasteiger partial charge >= 0.3 is 0 Å². The molecule has 1 fully saturated rings. The molecular weight excluding hydrogens is 166 g/mol. The number of hydrogen-bond donors (Lipinski definition) is 5. The van der Waals surface area contributed by atoms with Gasteiger partial charge in [0.2, 0.25) is 0 Å². The van der Waals surface area contributed by atoms with Crippen LogP contribution >= 0.6 is 0 Å². The fraction of sp³-hybridized carbons (Fsp3) is 0.833. The minimum atomic E-state index is -1.62. The number of piperidine rings is 1. The quantitative estimate of drug-likeness (QED) is 0.286. The Morgan fingerprint density at radius 2 is 1.83 bits per heavy atom. The number of carbonyl (C=O) groups is 1. The second-order valence-electron chi connectivity index (χ2n) is 2.72. The Balaban J connectivity index is 2.70. The molecule has 70 valence electrons. The number of aliphatic hydroxyl groups excluding tert-OH is 4. The molecular formula is C6H11NO5. The number of carbonyl (C=O) groups excluding carboxylic acids is 1. The van der Waals surface area contributed by atoms with Gasteiger partial charge in [0.05, 0.1) is 12.6 Å². The van der Waals surface area contributed by atoms with Crippen LogP contribution < -0.4 is 5.32 Å². The summed E-state index contributed by atoms with van der Waals surface area (Å²) in [5, 5.41) is 37.9. The normalized spacial score (nSPS) is 42.5. The van der Waals surface area contributed by atoms with Crippen molar-refractivity contribution in [1.29, 1.82) is 0 Å². The molecule has 1 saturated heterocycles. The maximum Gasteiger partial charge on any atom is 0.252 e. The molecule has 0 aromatic carbocycles. The van der Waals surface area contributed by atoms with Crippen molar-refractivity contribution in [2.75, 3.05) is 6.61 Å². The average molecular weight is 177 g/mol. The van der Waals surface area contributed by atoms with Crippen LogP contribution in [0, 0.1) is 0 Å². The molecule has 0 aliphatic carbocycles. The van der Waals surface area contributed by atoms with E-state index in [0.29, 0.717) is 0 Å². The molecule has 0 bridgehead atoms. The Morgan fingerprint density at radius 1 is 1.25 bits per heavy atom. The highest BCUT2D eigenvalue weighted by Crippen LogP contribution is 2.10. The van der Waals surface area contributed by atoms with E-state index in [-0.39, 0.29) is 0 Å². The summed E-state index contributed by atoms with van der Waals surface area (Å²) < 4.78 is 0. The first-order chi connectivity index (χ1) is 5.57. The minimum Gasteiger partial charge on any atom is -0.394 e. The average Bonchev–Trinajstić information content (AvgIpc) is 2.08. The van der Waals surface area contributed by atoms with Crippen molar-refractivity contribution in [3.05, 3.63) is 0 Å². The smallest absolute Gasteiger partial charge is 0.252 e. The van der Waals surface area contributed by atoms with Crippen LogP contribution in [-0.4, -0.2) is 57.3 Å². The fourth-order valence-electron chi connectivity index (χ4n) is 1.09. The van der Waals surface area contributed by atoms with E-state index >= 15 is 0 Å². The summed E-state index contributed by atoms with van der Waals surface area (Å²) in [5.74, 6) is -0.785. The molecule has 6 nitrogen and oxygen atoms in total. The standard InChI is InChI=1S/C6H11NO5/c8-1-2-3(9)4(10)5(11)6(12)7-2/h2-5,8-11H,1H2,(H,7,12). The van der Waals surface area contributed by atoms with Gasteiger partial charge in [0.25, 0.3) is 5.91 Å². The third-order valence-corrected chi connectivity index (χ3v) is 1.88. The van der Waals surface area contributed by atoms with Gasteiger partial charge in [0.15, 0.2) is 6.10 Å². The molecule has 1 amide bonds. The first kappa shape index (κ1) is 9.40. The van der Waals surface area contributed by atoms with E-state index in [1.807, 2.05) is 0 Å². The zero-order valence-corrected chi connectivity index (χ0v) is 6.21. The molecule has 12 heavy (non-hydrogen) atoms. The van der Waals surface area contributed by atoms with Crippen LogP contribution in [0.3, 0.4) is 0 Å². The van der Waals surface area contributed by atoms with Crippen LogP contribution in [0.1, 0.15) is 0 Å². The molecule has 5 N–H and O–H groups in total. The molecule has 1 heterocycles. The van der Waals surface area contributed by atoms with E-state index in [9.17, 15) is 4.79 Å². The van der Waals surface area contributed by atoms with Gasteiger partial charge < -0.3 is 25.7 Å². The van der Waals surface area contributed by atoms with E-state index in [4.69, 9.17) is 20.4 Å². The zero-order valence-electron chi connectivity index (χ0n) is 6.21. The SMILES string of the molecule is O=C1NC(CO)C(O)C(O)C1O. The van der Waals surface area contributed by atoms with Gasteiger partial charge in [-0.25, -0.2) is 0 Å². The third kappa shape index (κ3) is 1.42. The van der Waals surface area contributed by atoms with E-state index in [1.54, 1.807) is 0 Å². The predicted octanol–water partition coefficient (Wildman–Crippen LogP) is -3.44. The summed E-state index contributed by atoms with van der Waals surface area (Å²) in [4.78, 5) is 10.8. The van der Waals surface area contributed by atoms with Gasteiger partial charge in [0, 0.05) is 0 Å². The molecule has 0 aromatic rings. The van der Waals surface area contributed by atoms with Gasteiger partial charge in [-0.2, -0.15) is 0 Å². The van der Waals surface area contributed by atoms with Crippen molar-refractivity contribution in [3.8, 4) is 0 Å². The summed E-state index contributed by atoms with van der Waals surface area (Å²) in [6, 6.07) is -0.907. The Bertz CT molecular complexity index is 183.